The Kier molecular flexibility index (Phi) is 8.44. The highest BCUT2D eigenvalue weighted by Gasteiger charge is 2.29. The summed E-state index contributed by atoms with van der Waals surface area (Å²) >= 11 is 0. The van der Waals surface area contributed by atoms with Crippen LogP contribution in [0, 0.1) is 41.0 Å². The highest BCUT2D eigenvalue weighted by Crippen LogP contribution is 2.43. The van der Waals surface area contributed by atoms with E-state index in [1.54, 1.807) is 36.4 Å². The standard InChI is InChI=1S/C34H36F4O/c1-3-4-21-5-7-22(8-6-21)23-9-11-24(12-10-23)27-17-18-28(32(36)31(27)35)25-13-15-26(16-14-25)29-19-20-30(39-2)34(38)33(29)37/h11,13-23H,3-10,12H2,1-2H3. The van der Waals surface area contributed by atoms with Crippen LogP contribution >= 0.6 is 0 Å². The highest BCUT2D eigenvalue weighted by molar-refractivity contribution is 5.74. The van der Waals surface area contributed by atoms with Crippen molar-refractivity contribution in [1.82, 2.24) is 0 Å². The van der Waals surface area contributed by atoms with Gasteiger partial charge in [0.15, 0.2) is 23.2 Å². The van der Waals surface area contributed by atoms with Crippen LogP contribution in [0.4, 0.5) is 17.6 Å². The van der Waals surface area contributed by atoms with Crippen LogP contribution in [0.25, 0.3) is 27.8 Å². The predicted molar refractivity (Wildman–Crippen MR) is 149 cm³/mol. The molecule has 1 fully saturated rings. The van der Waals surface area contributed by atoms with E-state index in [1.165, 1.54) is 57.8 Å². The van der Waals surface area contributed by atoms with Gasteiger partial charge in [0.1, 0.15) is 0 Å². The summed E-state index contributed by atoms with van der Waals surface area (Å²) in [4.78, 5) is 0. The molecule has 5 rings (SSSR count). The summed E-state index contributed by atoms with van der Waals surface area (Å²) < 4.78 is 64.0. The number of halogens is 4. The number of allylic oxidation sites excluding steroid dienone is 2. The fraction of sp³-hybridized carbons (Fsp3) is 0.412. The topological polar surface area (TPSA) is 9.23 Å². The molecular weight excluding hydrogens is 500 g/mol. The number of rotatable bonds is 7. The summed E-state index contributed by atoms with van der Waals surface area (Å²) in [6, 6.07) is 12.4. The maximum absolute atomic E-state index is 15.3. The molecule has 0 bridgehead atoms. The second-order valence-corrected chi connectivity index (χ2v) is 11.1. The molecule has 0 aromatic heterocycles. The van der Waals surface area contributed by atoms with Crippen molar-refractivity contribution in [3.63, 3.8) is 0 Å². The van der Waals surface area contributed by atoms with E-state index in [0.717, 1.165) is 36.7 Å². The van der Waals surface area contributed by atoms with Gasteiger partial charge in [0.2, 0.25) is 5.82 Å². The van der Waals surface area contributed by atoms with E-state index in [9.17, 15) is 8.78 Å². The molecule has 1 nitrogen and oxygen atoms in total. The number of hydrogen-bond donors (Lipinski definition) is 0. The molecule has 0 spiro atoms. The number of methoxy groups -OCH3 is 1. The SMILES string of the molecule is CCCC1CCC(C2CC=C(c3ccc(-c4ccc(-c5ccc(OC)c(F)c5F)cc4)c(F)c3F)CC2)CC1. The van der Waals surface area contributed by atoms with Crippen LogP contribution in [0.1, 0.15) is 70.3 Å². The zero-order valence-electron chi connectivity index (χ0n) is 22.7. The minimum Gasteiger partial charge on any atom is -0.494 e. The summed E-state index contributed by atoms with van der Waals surface area (Å²) in [5, 5.41) is 0. The van der Waals surface area contributed by atoms with Crippen LogP contribution in [-0.2, 0) is 0 Å². The van der Waals surface area contributed by atoms with Crippen LogP contribution < -0.4 is 4.74 Å². The van der Waals surface area contributed by atoms with Crippen molar-refractivity contribution in [1.29, 1.82) is 0 Å². The lowest BCUT2D eigenvalue weighted by Crippen LogP contribution is -2.23. The van der Waals surface area contributed by atoms with Crippen molar-refractivity contribution in [2.75, 3.05) is 7.11 Å². The summed E-state index contributed by atoms with van der Waals surface area (Å²) in [7, 11) is 1.27. The van der Waals surface area contributed by atoms with Gasteiger partial charge in [-0.1, -0.05) is 75.1 Å². The Labute approximate surface area is 228 Å². The minimum absolute atomic E-state index is 0.0680. The van der Waals surface area contributed by atoms with Crippen LogP contribution in [0.5, 0.6) is 5.75 Å². The summed E-state index contributed by atoms with van der Waals surface area (Å²) in [6.45, 7) is 2.26. The molecule has 1 unspecified atom stereocenters. The lowest BCUT2D eigenvalue weighted by atomic mass is 9.70. The molecule has 0 saturated heterocycles. The molecule has 0 N–H and O–H groups in total. The lowest BCUT2D eigenvalue weighted by Gasteiger charge is -2.35. The molecule has 39 heavy (non-hydrogen) atoms. The van der Waals surface area contributed by atoms with Gasteiger partial charge in [-0.2, -0.15) is 4.39 Å². The number of ether oxygens (including phenoxy) is 1. The van der Waals surface area contributed by atoms with Gasteiger partial charge in [-0.05, 0) is 78.7 Å². The maximum atomic E-state index is 15.3. The maximum Gasteiger partial charge on any atom is 0.201 e. The second kappa shape index (κ2) is 12.0. The Balaban J connectivity index is 1.30. The molecule has 0 heterocycles. The third-order valence-corrected chi connectivity index (χ3v) is 8.91. The van der Waals surface area contributed by atoms with Crippen molar-refractivity contribution >= 4 is 5.57 Å². The smallest absolute Gasteiger partial charge is 0.201 e. The number of hydrogen-bond acceptors (Lipinski definition) is 1. The van der Waals surface area contributed by atoms with Crippen molar-refractivity contribution in [3.05, 3.63) is 83.4 Å². The van der Waals surface area contributed by atoms with E-state index >= 15 is 8.78 Å². The normalized spacial score (nSPS) is 21.5. The molecule has 0 aliphatic heterocycles. The van der Waals surface area contributed by atoms with E-state index in [4.69, 9.17) is 4.74 Å². The first-order chi connectivity index (χ1) is 18.9. The summed E-state index contributed by atoms with van der Waals surface area (Å²) in [5.74, 6) is -1.69. The zero-order chi connectivity index (χ0) is 27.5. The van der Waals surface area contributed by atoms with Crippen LogP contribution in [0.2, 0.25) is 0 Å². The van der Waals surface area contributed by atoms with E-state index in [0.29, 0.717) is 22.6 Å². The molecule has 0 radical (unpaired) electrons. The molecule has 1 saturated carbocycles. The Hall–Kier alpha value is -3.08. The van der Waals surface area contributed by atoms with Crippen molar-refractivity contribution in [2.45, 2.75) is 64.7 Å². The third-order valence-electron chi connectivity index (χ3n) is 8.91. The second-order valence-electron chi connectivity index (χ2n) is 11.1. The van der Waals surface area contributed by atoms with Gasteiger partial charge in [0.25, 0.3) is 0 Å². The van der Waals surface area contributed by atoms with E-state index in [2.05, 4.69) is 13.0 Å². The van der Waals surface area contributed by atoms with Gasteiger partial charge < -0.3 is 4.74 Å². The number of benzene rings is 3. The average molecular weight is 537 g/mol. The molecule has 3 aromatic carbocycles. The third kappa shape index (κ3) is 5.64. The molecule has 0 amide bonds. The van der Waals surface area contributed by atoms with Crippen molar-refractivity contribution in [2.24, 2.45) is 17.8 Å². The summed E-state index contributed by atoms with van der Waals surface area (Å²) in [5.41, 5.74) is 2.33. The van der Waals surface area contributed by atoms with Crippen molar-refractivity contribution < 1.29 is 22.3 Å². The van der Waals surface area contributed by atoms with Crippen LogP contribution in [0.3, 0.4) is 0 Å². The Bertz CT molecular complexity index is 1340. The predicted octanol–water partition coefficient (Wildman–Crippen LogP) is 10.4. The first-order valence-corrected chi connectivity index (χ1v) is 14.2. The van der Waals surface area contributed by atoms with Crippen molar-refractivity contribution in [3.8, 4) is 28.0 Å². The molecule has 5 heteroatoms. The van der Waals surface area contributed by atoms with E-state index < -0.39 is 23.3 Å². The monoisotopic (exact) mass is 536 g/mol. The zero-order valence-corrected chi connectivity index (χ0v) is 22.7. The largest absolute Gasteiger partial charge is 0.494 e. The Morgan fingerprint density at radius 1 is 0.667 bits per heavy atom. The average Bonchev–Trinajstić information content (AvgIpc) is 2.97. The molecule has 2 aliphatic rings. The molecule has 206 valence electrons. The Morgan fingerprint density at radius 3 is 1.79 bits per heavy atom. The fourth-order valence-electron chi connectivity index (χ4n) is 6.65. The first kappa shape index (κ1) is 27.5. The fourth-order valence-corrected chi connectivity index (χ4v) is 6.65. The van der Waals surface area contributed by atoms with Gasteiger partial charge >= 0.3 is 0 Å². The van der Waals surface area contributed by atoms with E-state index in [-0.39, 0.29) is 16.9 Å². The Morgan fingerprint density at radius 2 is 1.23 bits per heavy atom. The first-order valence-electron chi connectivity index (χ1n) is 14.2. The highest BCUT2D eigenvalue weighted by atomic mass is 19.2. The quantitative estimate of drug-likeness (QED) is 0.273. The van der Waals surface area contributed by atoms with E-state index in [1.807, 2.05) is 0 Å². The van der Waals surface area contributed by atoms with Gasteiger partial charge in [0.05, 0.1) is 7.11 Å². The minimum atomic E-state index is -1.06. The van der Waals surface area contributed by atoms with Gasteiger partial charge in [0, 0.05) is 16.7 Å². The molecule has 1 atom stereocenters. The molecule has 3 aromatic rings. The molecule has 2 aliphatic carbocycles. The van der Waals surface area contributed by atoms with Gasteiger partial charge in [-0.15, -0.1) is 0 Å². The van der Waals surface area contributed by atoms with Crippen LogP contribution in [0.15, 0.2) is 54.6 Å². The van der Waals surface area contributed by atoms with Gasteiger partial charge in [-0.25, -0.2) is 13.2 Å². The lowest BCUT2D eigenvalue weighted by molar-refractivity contribution is 0.189. The van der Waals surface area contributed by atoms with Gasteiger partial charge in [-0.3, -0.25) is 0 Å². The van der Waals surface area contributed by atoms with Crippen LogP contribution in [-0.4, -0.2) is 7.11 Å². The summed E-state index contributed by atoms with van der Waals surface area (Å²) in [6.07, 6.45) is 12.7. The molecular formula is C34H36F4O.